The van der Waals surface area contributed by atoms with Crippen molar-refractivity contribution >= 4 is 40.7 Å². The number of nitrogens with one attached hydrogen (secondary N) is 1. The molecule has 0 unspecified atom stereocenters. The summed E-state index contributed by atoms with van der Waals surface area (Å²) in [5, 5.41) is 2.91. The predicted octanol–water partition coefficient (Wildman–Crippen LogP) is 3.94. The smallest absolute Gasteiger partial charge is 0.272 e. The molecule has 0 radical (unpaired) electrons. The van der Waals surface area contributed by atoms with Crippen LogP contribution in [0.25, 0.3) is 0 Å². The van der Waals surface area contributed by atoms with Crippen molar-refractivity contribution in [2.75, 3.05) is 0 Å². The van der Waals surface area contributed by atoms with Gasteiger partial charge < -0.3 is 5.32 Å². The number of hydrogen-bond acceptors (Lipinski definition) is 1. The molecule has 1 fully saturated rings. The third kappa shape index (κ3) is 2.93. The van der Waals surface area contributed by atoms with Crippen molar-refractivity contribution in [3.05, 3.63) is 35.9 Å². The fourth-order valence-electron chi connectivity index (χ4n) is 2.51. The monoisotopic (exact) mass is 305 g/mol. The lowest BCUT2D eigenvalue weighted by molar-refractivity contribution is -0.122. The van der Waals surface area contributed by atoms with Gasteiger partial charge in [-0.1, -0.05) is 78.0 Å². The zero-order valence-electron chi connectivity index (χ0n) is 9.76. The highest BCUT2D eigenvalue weighted by Crippen LogP contribution is 2.40. The average molecular weight is 307 g/mol. The van der Waals surface area contributed by atoms with Gasteiger partial charge in [0.15, 0.2) is 0 Å². The Morgan fingerprint density at radius 3 is 2.17 bits per heavy atom. The largest absolute Gasteiger partial charge is 0.343 e. The molecule has 2 rings (SSSR count). The summed E-state index contributed by atoms with van der Waals surface area (Å²) in [6.07, 6.45) is 3.89. The maximum absolute atomic E-state index is 11.9. The van der Waals surface area contributed by atoms with Gasteiger partial charge in [0.1, 0.15) is 0 Å². The van der Waals surface area contributed by atoms with Gasteiger partial charge in [0.05, 0.1) is 5.54 Å². The third-order valence-corrected chi connectivity index (χ3v) is 3.91. The number of carbonyl (C=O) groups excluding carboxylic acids is 1. The van der Waals surface area contributed by atoms with Gasteiger partial charge in [0, 0.05) is 0 Å². The van der Waals surface area contributed by atoms with E-state index < -0.39 is 9.70 Å². The number of alkyl halides is 3. The summed E-state index contributed by atoms with van der Waals surface area (Å²) in [7, 11) is 0. The lowest BCUT2D eigenvalue weighted by Gasteiger charge is -2.32. The van der Waals surface area contributed by atoms with Crippen LogP contribution in [0.3, 0.4) is 0 Å². The van der Waals surface area contributed by atoms with Gasteiger partial charge in [0.25, 0.3) is 9.70 Å². The number of benzene rings is 1. The van der Waals surface area contributed by atoms with E-state index in [0.29, 0.717) is 0 Å². The quantitative estimate of drug-likeness (QED) is 0.824. The van der Waals surface area contributed by atoms with Gasteiger partial charge in [-0.2, -0.15) is 0 Å². The van der Waals surface area contributed by atoms with Crippen LogP contribution in [0.15, 0.2) is 30.3 Å². The van der Waals surface area contributed by atoms with E-state index in [-0.39, 0.29) is 5.54 Å². The summed E-state index contributed by atoms with van der Waals surface area (Å²) in [6, 6.07) is 9.87. The van der Waals surface area contributed by atoms with Crippen LogP contribution in [0.5, 0.6) is 0 Å². The molecule has 1 aliphatic rings. The Bertz CT molecular complexity index is 422. The molecule has 0 saturated heterocycles. The molecule has 98 valence electrons. The molecule has 0 bridgehead atoms. The second-order valence-electron chi connectivity index (χ2n) is 4.61. The van der Waals surface area contributed by atoms with Crippen molar-refractivity contribution in [2.24, 2.45) is 0 Å². The van der Waals surface area contributed by atoms with Crippen LogP contribution < -0.4 is 5.32 Å². The lowest BCUT2D eigenvalue weighted by Crippen LogP contribution is -2.48. The Kier molecular flexibility index (Phi) is 4.10. The molecule has 0 heterocycles. The normalized spacial score (nSPS) is 18.6. The van der Waals surface area contributed by atoms with Crippen molar-refractivity contribution in [2.45, 2.75) is 35.0 Å². The molecule has 1 saturated carbocycles. The molecular formula is C13H14Cl3NO. The van der Waals surface area contributed by atoms with E-state index in [1.54, 1.807) is 0 Å². The van der Waals surface area contributed by atoms with Crippen LogP contribution in [0.2, 0.25) is 0 Å². The van der Waals surface area contributed by atoms with Crippen molar-refractivity contribution in [3.63, 3.8) is 0 Å². The van der Waals surface area contributed by atoms with E-state index >= 15 is 0 Å². The van der Waals surface area contributed by atoms with E-state index in [1.807, 2.05) is 30.3 Å². The van der Waals surface area contributed by atoms with Gasteiger partial charge >= 0.3 is 0 Å². The molecule has 1 N–H and O–H groups in total. The fourth-order valence-corrected chi connectivity index (χ4v) is 2.65. The zero-order valence-corrected chi connectivity index (χ0v) is 12.0. The molecular weight excluding hydrogens is 293 g/mol. The number of amides is 1. The molecule has 1 aromatic carbocycles. The SMILES string of the molecule is O=C(NC1(c2ccccc2)CCCC1)C(Cl)(Cl)Cl. The first-order chi connectivity index (χ1) is 8.44. The maximum atomic E-state index is 11.9. The van der Waals surface area contributed by atoms with Crippen LogP contribution in [-0.2, 0) is 10.3 Å². The first-order valence-corrected chi connectivity index (χ1v) is 7.02. The van der Waals surface area contributed by atoms with Crippen LogP contribution in [0, 0.1) is 0 Å². The molecule has 0 aromatic heterocycles. The third-order valence-electron chi connectivity index (χ3n) is 3.39. The molecule has 0 aliphatic heterocycles. The summed E-state index contributed by atoms with van der Waals surface area (Å²) in [5.41, 5.74) is 0.688. The van der Waals surface area contributed by atoms with E-state index in [0.717, 1.165) is 31.2 Å². The zero-order chi connectivity index (χ0) is 13.2. The van der Waals surface area contributed by atoms with E-state index in [4.69, 9.17) is 34.8 Å². The number of hydrogen-bond donors (Lipinski definition) is 1. The van der Waals surface area contributed by atoms with Gasteiger partial charge in [-0.15, -0.1) is 0 Å². The topological polar surface area (TPSA) is 29.1 Å². The number of halogens is 3. The summed E-state index contributed by atoms with van der Waals surface area (Å²) in [6.45, 7) is 0. The molecule has 1 aromatic rings. The average Bonchev–Trinajstić information content (AvgIpc) is 2.79. The molecule has 0 spiro atoms. The Balaban J connectivity index is 2.26. The molecule has 2 nitrogen and oxygen atoms in total. The second kappa shape index (κ2) is 5.28. The van der Waals surface area contributed by atoms with Crippen LogP contribution >= 0.6 is 34.8 Å². The first-order valence-electron chi connectivity index (χ1n) is 5.89. The van der Waals surface area contributed by atoms with Crippen LogP contribution in [0.4, 0.5) is 0 Å². The Hall–Kier alpha value is -0.440. The fraction of sp³-hybridized carbons (Fsp3) is 0.462. The highest BCUT2D eigenvalue weighted by atomic mass is 35.6. The summed E-state index contributed by atoms with van der Waals surface area (Å²) in [4.78, 5) is 11.9. The van der Waals surface area contributed by atoms with E-state index in [1.165, 1.54) is 0 Å². The minimum atomic E-state index is -1.91. The first kappa shape index (κ1) is 14.0. The van der Waals surface area contributed by atoms with E-state index in [2.05, 4.69) is 5.32 Å². The minimum Gasteiger partial charge on any atom is -0.343 e. The van der Waals surface area contributed by atoms with Gasteiger partial charge in [0.2, 0.25) is 0 Å². The predicted molar refractivity (Wildman–Crippen MR) is 75.0 cm³/mol. The Labute approximate surface area is 122 Å². The lowest BCUT2D eigenvalue weighted by atomic mass is 9.88. The van der Waals surface area contributed by atoms with Crippen molar-refractivity contribution in [1.82, 2.24) is 5.32 Å². The highest BCUT2D eigenvalue weighted by molar-refractivity contribution is 6.76. The summed E-state index contributed by atoms with van der Waals surface area (Å²) < 4.78 is -1.91. The van der Waals surface area contributed by atoms with Crippen LogP contribution in [-0.4, -0.2) is 9.70 Å². The Morgan fingerprint density at radius 2 is 1.67 bits per heavy atom. The maximum Gasteiger partial charge on any atom is 0.272 e. The van der Waals surface area contributed by atoms with Crippen molar-refractivity contribution in [1.29, 1.82) is 0 Å². The van der Waals surface area contributed by atoms with Gasteiger partial charge in [-0.3, -0.25) is 4.79 Å². The molecule has 5 heteroatoms. The summed E-state index contributed by atoms with van der Waals surface area (Å²) >= 11 is 16.9. The molecule has 18 heavy (non-hydrogen) atoms. The summed E-state index contributed by atoms with van der Waals surface area (Å²) in [5.74, 6) is -0.557. The standard InChI is InChI=1S/C13H14Cl3NO/c14-13(15,16)11(18)17-12(8-4-5-9-12)10-6-2-1-3-7-10/h1-3,6-7H,4-5,8-9H2,(H,17,18). The van der Waals surface area contributed by atoms with E-state index in [9.17, 15) is 4.79 Å². The number of rotatable bonds is 2. The van der Waals surface area contributed by atoms with Crippen LogP contribution in [0.1, 0.15) is 31.2 Å². The minimum absolute atomic E-state index is 0.387. The highest BCUT2D eigenvalue weighted by Gasteiger charge is 2.41. The van der Waals surface area contributed by atoms with Gasteiger partial charge in [-0.05, 0) is 18.4 Å². The number of carbonyl (C=O) groups is 1. The van der Waals surface area contributed by atoms with Gasteiger partial charge in [-0.25, -0.2) is 0 Å². The molecule has 0 atom stereocenters. The second-order valence-corrected chi connectivity index (χ2v) is 6.89. The van der Waals surface area contributed by atoms with Crippen molar-refractivity contribution < 1.29 is 4.79 Å². The van der Waals surface area contributed by atoms with Crippen molar-refractivity contribution in [3.8, 4) is 0 Å². The molecule has 1 amide bonds. The Morgan fingerprint density at radius 1 is 1.11 bits per heavy atom. The molecule has 1 aliphatic carbocycles.